The van der Waals surface area contributed by atoms with Crippen molar-refractivity contribution in [1.82, 2.24) is 0 Å². The first-order chi connectivity index (χ1) is 12.6. The largest absolute Gasteiger partial charge is 0.467 e. The smallest absolute Gasteiger partial charge is 0.293 e. The molecule has 0 unspecified atom stereocenters. The Morgan fingerprint density at radius 2 is 2.12 bits per heavy atom. The van der Waals surface area contributed by atoms with Crippen LogP contribution in [0.2, 0.25) is 0 Å². The Hall–Kier alpha value is -1.16. The third kappa shape index (κ3) is 2.51. The van der Waals surface area contributed by atoms with Crippen LogP contribution in [0.3, 0.4) is 0 Å². The summed E-state index contributed by atoms with van der Waals surface area (Å²) in [5.41, 5.74) is 1.55. The number of allylic oxidation sites excluding steroid dienone is 2. The second-order valence-electron chi connectivity index (χ2n) is 9.40. The van der Waals surface area contributed by atoms with E-state index in [0.717, 1.165) is 19.3 Å². The summed E-state index contributed by atoms with van der Waals surface area (Å²) in [7, 11) is 0. The Morgan fingerprint density at radius 3 is 2.88 bits per heavy atom. The molecule has 0 bridgehead atoms. The van der Waals surface area contributed by atoms with Gasteiger partial charge in [0.2, 0.25) is 0 Å². The molecule has 0 spiro atoms. The summed E-state index contributed by atoms with van der Waals surface area (Å²) in [5, 5.41) is 9.40. The van der Waals surface area contributed by atoms with Crippen molar-refractivity contribution in [1.29, 1.82) is 0 Å². The normalized spacial score (nSPS) is 44.3. The van der Waals surface area contributed by atoms with E-state index in [1.165, 1.54) is 44.1 Å². The predicted molar refractivity (Wildman–Crippen MR) is 98.2 cm³/mol. The fourth-order valence-electron chi connectivity index (χ4n) is 7.47. The van der Waals surface area contributed by atoms with Crippen molar-refractivity contribution in [2.75, 3.05) is 13.2 Å². The second kappa shape index (κ2) is 6.78. The van der Waals surface area contributed by atoms with Crippen LogP contribution in [0.1, 0.15) is 64.7 Å². The minimum atomic E-state index is -0.339. The average Bonchev–Trinajstić information content (AvgIpc) is 3.02. The average molecular weight is 360 g/mol. The fourth-order valence-corrected chi connectivity index (χ4v) is 7.47. The van der Waals surface area contributed by atoms with E-state index < -0.39 is 0 Å². The van der Waals surface area contributed by atoms with Gasteiger partial charge in [-0.1, -0.05) is 31.4 Å². The van der Waals surface area contributed by atoms with Crippen LogP contribution in [-0.4, -0.2) is 30.6 Å². The summed E-state index contributed by atoms with van der Waals surface area (Å²) in [6.45, 7) is 3.11. The maximum atomic E-state index is 12.3. The van der Waals surface area contributed by atoms with Crippen LogP contribution in [-0.2, 0) is 14.3 Å². The number of aliphatic hydroxyl groups is 1. The highest BCUT2D eigenvalue weighted by molar-refractivity contribution is 5.84. The first-order valence-corrected chi connectivity index (χ1v) is 10.5. The number of carbonyl (C=O) groups excluding carboxylic acids is 2. The van der Waals surface area contributed by atoms with E-state index >= 15 is 0 Å². The molecule has 3 saturated carbocycles. The first kappa shape index (κ1) is 18.2. The van der Waals surface area contributed by atoms with Crippen LogP contribution in [0.15, 0.2) is 11.6 Å². The molecular formula is C22H32O4. The maximum Gasteiger partial charge on any atom is 0.293 e. The lowest BCUT2D eigenvalue weighted by atomic mass is 9.45. The van der Waals surface area contributed by atoms with Gasteiger partial charge in [0.15, 0.2) is 5.78 Å². The van der Waals surface area contributed by atoms with Gasteiger partial charge >= 0.3 is 0 Å². The van der Waals surface area contributed by atoms with Gasteiger partial charge in [-0.3, -0.25) is 9.59 Å². The van der Waals surface area contributed by atoms with E-state index in [-0.39, 0.29) is 29.1 Å². The summed E-state index contributed by atoms with van der Waals surface area (Å²) in [5.74, 6) is 1.73. The van der Waals surface area contributed by atoms with Gasteiger partial charge < -0.3 is 9.84 Å². The van der Waals surface area contributed by atoms with Gasteiger partial charge in [-0.05, 0) is 68.1 Å². The summed E-state index contributed by atoms with van der Waals surface area (Å²) in [6, 6.07) is 0. The molecule has 26 heavy (non-hydrogen) atoms. The standard InChI is InChI=1S/C22H32O4/c1-21-11-9-18-16(17(21)7-8-19(21)20(25)12-23)6-5-15-4-2-3-10-22(15,18)13-26-14-24/h7,14-16,18-19,23H,2-6,8-13H2,1H3/t15-,16+,18+,19-,21+,22-/m1/s1. The second-order valence-corrected chi connectivity index (χ2v) is 9.40. The third-order valence-corrected chi connectivity index (χ3v) is 8.65. The maximum absolute atomic E-state index is 12.3. The minimum absolute atomic E-state index is 0.00236. The number of hydrogen-bond acceptors (Lipinski definition) is 4. The molecule has 0 aromatic heterocycles. The SMILES string of the molecule is C[C@]12CC[C@H]3[C@@H](CC[C@H]4CCCC[C@@]43COC=O)C1=CC[C@@H]2C(=O)CO. The van der Waals surface area contributed by atoms with Gasteiger partial charge in [0, 0.05) is 11.3 Å². The van der Waals surface area contributed by atoms with Crippen LogP contribution < -0.4 is 0 Å². The lowest BCUT2D eigenvalue weighted by Crippen LogP contribution is -2.54. The quantitative estimate of drug-likeness (QED) is 0.600. The van der Waals surface area contributed by atoms with Gasteiger partial charge in [-0.2, -0.15) is 0 Å². The van der Waals surface area contributed by atoms with E-state index in [1.54, 1.807) is 0 Å². The molecule has 0 amide bonds. The molecule has 0 saturated heterocycles. The third-order valence-electron chi connectivity index (χ3n) is 8.65. The molecule has 4 heteroatoms. The number of aliphatic hydroxyl groups excluding tert-OH is 1. The van der Waals surface area contributed by atoms with Crippen LogP contribution in [0.25, 0.3) is 0 Å². The van der Waals surface area contributed by atoms with Gasteiger partial charge in [-0.15, -0.1) is 0 Å². The van der Waals surface area contributed by atoms with Crippen molar-refractivity contribution < 1.29 is 19.4 Å². The lowest BCUT2D eigenvalue weighted by molar-refractivity contribution is -0.147. The molecule has 4 aliphatic rings. The molecule has 4 aliphatic carbocycles. The van der Waals surface area contributed by atoms with E-state index in [9.17, 15) is 14.7 Å². The molecule has 0 radical (unpaired) electrons. The number of ketones is 1. The Kier molecular flexibility index (Phi) is 4.75. The van der Waals surface area contributed by atoms with Crippen LogP contribution in [0.5, 0.6) is 0 Å². The lowest BCUT2D eigenvalue weighted by Gasteiger charge is -2.59. The van der Waals surface area contributed by atoms with Crippen molar-refractivity contribution in [3.8, 4) is 0 Å². The molecule has 0 aromatic carbocycles. The van der Waals surface area contributed by atoms with Crippen molar-refractivity contribution in [3.05, 3.63) is 11.6 Å². The molecule has 3 fully saturated rings. The Labute approximate surface area is 156 Å². The molecule has 4 rings (SSSR count). The van der Waals surface area contributed by atoms with Gasteiger partial charge in [0.05, 0.1) is 6.61 Å². The van der Waals surface area contributed by atoms with E-state index in [1.807, 2.05) is 0 Å². The van der Waals surface area contributed by atoms with Gasteiger partial charge in [0.25, 0.3) is 6.47 Å². The molecular weight excluding hydrogens is 328 g/mol. The molecule has 144 valence electrons. The first-order valence-electron chi connectivity index (χ1n) is 10.5. The predicted octanol–water partition coefficient (Wildman–Crippen LogP) is 3.67. The number of ether oxygens (including phenoxy) is 1. The zero-order valence-corrected chi connectivity index (χ0v) is 15.9. The highest BCUT2D eigenvalue weighted by Crippen LogP contribution is 2.66. The fraction of sp³-hybridized carbons (Fsp3) is 0.818. The van der Waals surface area contributed by atoms with Crippen molar-refractivity contribution in [3.63, 3.8) is 0 Å². The summed E-state index contributed by atoms with van der Waals surface area (Å²) in [4.78, 5) is 23.3. The summed E-state index contributed by atoms with van der Waals surface area (Å²) in [6.07, 6.45) is 12.7. The van der Waals surface area contributed by atoms with Crippen molar-refractivity contribution in [2.24, 2.45) is 34.5 Å². The summed E-state index contributed by atoms with van der Waals surface area (Å²) < 4.78 is 5.41. The highest BCUT2D eigenvalue weighted by Gasteiger charge is 2.59. The topological polar surface area (TPSA) is 63.6 Å². The van der Waals surface area contributed by atoms with E-state index in [0.29, 0.717) is 30.8 Å². The number of fused-ring (bicyclic) bond motifs is 5. The molecule has 1 N–H and O–H groups in total. The Morgan fingerprint density at radius 1 is 1.27 bits per heavy atom. The van der Waals surface area contributed by atoms with Gasteiger partial charge in [-0.25, -0.2) is 0 Å². The number of Topliss-reactive ketones (excluding diaryl/α,β-unsaturated/α-hetero) is 1. The van der Waals surface area contributed by atoms with Crippen molar-refractivity contribution >= 4 is 12.3 Å². The Bertz CT molecular complexity index is 611. The van der Waals surface area contributed by atoms with Gasteiger partial charge in [0.1, 0.15) is 6.61 Å². The van der Waals surface area contributed by atoms with E-state index in [4.69, 9.17) is 4.74 Å². The summed E-state index contributed by atoms with van der Waals surface area (Å²) >= 11 is 0. The zero-order valence-electron chi connectivity index (χ0n) is 15.9. The van der Waals surface area contributed by atoms with Crippen LogP contribution in [0.4, 0.5) is 0 Å². The molecule has 6 atom stereocenters. The number of carbonyl (C=O) groups is 2. The molecule has 0 aliphatic heterocycles. The minimum Gasteiger partial charge on any atom is -0.467 e. The Balaban J connectivity index is 1.65. The molecule has 0 heterocycles. The van der Waals surface area contributed by atoms with Crippen molar-refractivity contribution in [2.45, 2.75) is 64.7 Å². The number of hydrogen-bond donors (Lipinski definition) is 1. The molecule has 0 aromatic rings. The highest BCUT2D eigenvalue weighted by atomic mass is 16.5. The monoisotopic (exact) mass is 360 g/mol. The van der Waals surface area contributed by atoms with Crippen LogP contribution in [0, 0.1) is 34.5 Å². The van der Waals surface area contributed by atoms with Crippen LogP contribution >= 0.6 is 0 Å². The van der Waals surface area contributed by atoms with E-state index in [2.05, 4.69) is 13.0 Å². The molecule has 4 nitrogen and oxygen atoms in total. The zero-order chi connectivity index (χ0) is 18.4. The number of rotatable bonds is 5.